The Hall–Kier alpha value is -1.09. The molecule has 1 atom stereocenters. The number of nitrogens with one attached hydrogen (secondary N) is 1. The third-order valence-electron chi connectivity index (χ3n) is 4.03. The van der Waals surface area contributed by atoms with Crippen LogP contribution in [-0.2, 0) is 6.42 Å². The van der Waals surface area contributed by atoms with Crippen LogP contribution in [0.2, 0.25) is 0 Å². The van der Waals surface area contributed by atoms with Crippen LogP contribution < -0.4 is 10.1 Å². The van der Waals surface area contributed by atoms with Crippen LogP contribution in [0.4, 0.5) is 4.39 Å². The van der Waals surface area contributed by atoms with Gasteiger partial charge in [0.05, 0.1) is 7.11 Å². The molecule has 0 aliphatic heterocycles. The van der Waals surface area contributed by atoms with Gasteiger partial charge in [-0.25, -0.2) is 4.39 Å². The van der Waals surface area contributed by atoms with E-state index in [4.69, 9.17) is 4.74 Å². The number of methoxy groups -OCH3 is 1. The molecule has 3 heteroatoms. The Labute approximate surface area is 116 Å². The van der Waals surface area contributed by atoms with E-state index in [0.29, 0.717) is 18.1 Å². The minimum absolute atomic E-state index is 0.0310. The van der Waals surface area contributed by atoms with Crippen LogP contribution in [0.25, 0.3) is 0 Å². The van der Waals surface area contributed by atoms with Crippen molar-refractivity contribution in [1.29, 1.82) is 0 Å². The predicted octanol–water partition coefficient (Wildman–Crippen LogP) is 3.65. The smallest absolute Gasteiger partial charge is 0.168 e. The summed E-state index contributed by atoms with van der Waals surface area (Å²) in [4.78, 5) is 0. The van der Waals surface area contributed by atoms with Crippen molar-refractivity contribution in [2.24, 2.45) is 11.3 Å². The Bertz CT molecular complexity index is 406. The summed E-state index contributed by atoms with van der Waals surface area (Å²) in [5, 5.41) is 3.38. The number of ether oxygens (including phenoxy) is 1. The highest BCUT2D eigenvalue weighted by Gasteiger charge is 2.29. The summed E-state index contributed by atoms with van der Waals surface area (Å²) in [5.74, 6) is 0.567. The average Bonchev–Trinajstić information content (AvgIpc) is 2.38. The van der Waals surface area contributed by atoms with Crippen LogP contribution in [0.15, 0.2) is 18.2 Å². The van der Waals surface area contributed by atoms with Crippen molar-refractivity contribution >= 4 is 0 Å². The van der Waals surface area contributed by atoms with Gasteiger partial charge in [0.2, 0.25) is 0 Å². The highest BCUT2D eigenvalue weighted by molar-refractivity contribution is 5.31. The lowest BCUT2D eigenvalue weighted by atomic mass is 9.74. The van der Waals surface area contributed by atoms with Crippen LogP contribution in [0.5, 0.6) is 5.75 Å². The van der Waals surface area contributed by atoms with Crippen molar-refractivity contribution in [3.63, 3.8) is 0 Å². The number of benzene rings is 1. The zero-order valence-corrected chi connectivity index (χ0v) is 12.7. The minimum Gasteiger partial charge on any atom is -0.494 e. The molecule has 108 valence electrons. The topological polar surface area (TPSA) is 21.3 Å². The van der Waals surface area contributed by atoms with E-state index in [2.05, 4.69) is 33.0 Å². The normalized spacial score (nSPS) is 14.5. The summed E-state index contributed by atoms with van der Waals surface area (Å²) in [6.07, 6.45) is 0.709. The molecule has 0 saturated heterocycles. The zero-order valence-electron chi connectivity index (χ0n) is 12.7. The first-order chi connectivity index (χ1) is 8.94. The van der Waals surface area contributed by atoms with E-state index >= 15 is 0 Å². The number of halogens is 1. The summed E-state index contributed by atoms with van der Waals surface area (Å²) in [6, 6.07) is 5.37. The zero-order chi connectivity index (χ0) is 14.5. The van der Waals surface area contributed by atoms with Crippen molar-refractivity contribution in [3.05, 3.63) is 29.6 Å². The third kappa shape index (κ3) is 3.93. The van der Waals surface area contributed by atoms with Crippen molar-refractivity contribution in [2.75, 3.05) is 20.2 Å². The molecule has 0 aromatic heterocycles. The fourth-order valence-corrected chi connectivity index (χ4v) is 2.17. The van der Waals surface area contributed by atoms with Crippen molar-refractivity contribution < 1.29 is 9.13 Å². The monoisotopic (exact) mass is 267 g/mol. The first kappa shape index (κ1) is 16.0. The van der Waals surface area contributed by atoms with Crippen molar-refractivity contribution in [1.82, 2.24) is 5.32 Å². The number of hydrogen-bond donors (Lipinski definition) is 1. The Morgan fingerprint density at radius 2 is 2.05 bits per heavy atom. The standard InChI is InChI=1S/C16H26FNO/c1-6-18-11-16(4,12(2)3)10-13-8-7-9-14(19-5)15(13)17/h7-9,12,18H,6,10-11H2,1-5H3. The van der Waals surface area contributed by atoms with E-state index in [1.165, 1.54) is 7.11 Å². The van der Waals surface area contributed by atoms with E-state index in [9.17, 15) is 4.39 Å². The van der Waals surface area contributed by atoms with Gasteiger partial charge < -0.3 is 10.1 Å². The van der Waals surface area contributed by atoms with Gasteiger partial charge in [-0.05, 0) is 35.9 Å². The molecule has 2 nitrogen and oxygen atoms in total. The van der Waals surface area contributed by atoms with E-state index in [1.807, 2.05) is 12.1 Å². The maximum atomic E-state index is 14.2. The Kier molecular flexibility index (Phi) is 5.80. The van der Waals surface area contributed by atoms with Crippen LogP contribution in [0, 0.1) is 17.2 Å². The van der Waals surface area contributed by atoms with Gasteiger partial charge in [0.25, 0.3) is 0 Å². The molecule has 1 N–H and O–H groups in total. The molecule has 0 saturated carbocycles. The van der Waals surface area contributed by atoms with Gasteiger partial charge in [-0.1, -0.05) is 39.8 Å². The fraction of sp³-hybridized carbons (Fsp3) is 0.625. The second-order valence-electron chi connectivity index (χ2n) is 5.70. The van der Waals surface area contributed by atoms with Gasteiger partial charge in [0, 0.05) is 6.54 Å². The summed E-state index contributed by atoms with van der Waals surface area (Å²) in [5.41, 5.74) is 0.761. The van der Waals surface area contributed by atoms with Crippen LogP contribution >= 0.6 is 0 Å². The lowest BCUT2D eigenvalue weighted by molar-refractivity contribution is 0.206. The third-order valence-corrected chi connectivity index (χ3v) is 4.03. The van der Waals surface area contributed by atoms with Gasteiger partial charge in [-0.2, -0.15) is 0 Å². The molecule has 0 spiro atoms. The molecule has 0 amide bonds. The van der Waals surface area contributed by atoms with Gasteiger partial charge >= 0.3 is 0 Å². The maximum absolute atomic E-state index is 14.2. The molecular weight excluding hydrogens is 241 g/mol. The van der Waals surface area contributed by atoms with E-state index in [-0.39, 0.29) is 11.2 Å². The molecule has 0 aliphatic carbocycles. The average molecular weight is 267 g/mol. The molecule has 0 fully saturated rings. The second-order valence-corrected chi connectivity index (χ2v) is 5.70. The SMILES string of the molecule is CCNCC(C)(Cc1cccc(OC)c1F)C(C)C. The predicted molar refractivity (Wildman–Crippen MR) is 78.1 cm³/mol. The first-order valence-electron chi connectivity index (χ1n) is 6.96. The molecule has 0 radical (unpaired) electrons. The Morgan fingerprint density at radius 3 is 2.58 bits per heavy atom. The quantitative estimate of drug-likeness (QED) is 0.814. The Balaban J connectivity index is 2.96. The maximum Gasteiger partial charge on any atom is 0.168 e. The summed E-state index contributed by atoms with van der Waals surface area (Å²) >= 11 is 0. The summed E-state index contributed by atoms with van der Waals surface area (Å²) < 4.78 is 19.3. The molecule has 1 rings (SSSR count). The van der Waals surface area contributed by atoms with E-state index < -0.39 is 0 Å². The molecule has 0 aliphatic rings. The molecule has 0 heterocycles. The van der Waals surface area contributed by atoms with Crippen LogP contribution in [-0.4, -0.2) is 20.2 Å². The second kappa shape index (κ2) is 6.90. The minimum atomic E-state index is -0.228. The molecule has 1 aromatic rings. The first-order valence-corrected chi connectivity index (χ1v) is 6.96. The number of hydrogen-bond acceptors (Lipinski definition) is 2. The van der Waals surface area contributed by atoms with Gasteiger partial charge in [0.15, 0.2) is 11.6 Å². The summed E-state index contributed by atoms with van der Waals surface area (Å²) in [7, 11) is 1.50. The van der Waals surface area contributed by atoms with Crippen LogP contribution in [0.3, 0.4) is 0 Å². The Morgan fingerprint density at radius 1 is 1.37 bits per heavy atom. The molecule has 1 unspecified atom stereocenters. The molecular formula is C16H26FNO. The number of rotatable bonds is 7. The molecule has 19 heavy (non-hydrogen) atoms. The van der Waals surface area contributed by atoms with E-state index in [1.54, 1.807) is 6.07 Å². The highest BCUT2D eigenvalue weighted by Crippen LogP contribution is 2.33. The van der Waals surface area contributed by atoms with Crippen molar-refractivity contribution in [2.45, 2.75) is 34.1 Å². The molecule has 1 aromatic carbocycles. The van der Waals surface area contributed by atoms with E-state index in [0.717, 1.165) is 18.7 Å². The van der Waals surface area contributed by atoms with Gasteiger partial charge in [0.1, 0.15) is 0 Å². The molecule has 0 bridgehead atoms. The fourth-order valence-electron chi connectivity index (χ4n) is 2.17. The van der Waals surface area contributed by atoms with Crippen molar-refractivity contribution in [3.8, 4) is 5.75 Å². The lowest BCUT2D eigenvalue weighted by Gasteiger charge is -2.34. The highest BCUT2D eigenvalue weighted by atomic mass is 19.1. The van der Waals surface area contributed by atoms with Gasteiger partial charge in [-0.3, -0.25) is 0 Å². The van der Waals surface area contributed by atoms with Gasteiger partial charge in [-0.15, -0.1) is 0 Å². The van der Waals surface area contributed by atoms with Crippen LogP contribution in [0.1, 0.15) is 33.3 Å². The largest absolute Gasteiger partial charge is 0.494 e. The summed E-state index contributed by atoms with van der Waals surface area (Å²) in [6.45, 7) is 10.5. The lowest BCUT2D eigenvalue weighted by Crippen LogP contribution is -2.38.